The first-order valence-corrected chi connectivity index (χ1v) is 13.0. The van der Waals surface area contributed by atoms with Crippen molar-refractivity contribution < 1.29 is 23.9 Å². The number of carbonyl (C=O) groups is 3. The summed E-state index contributed by atoms with van der Waals surface area (Å²) in [4.78, 5) is 48.4. The fourth-order valence-electron chi connectivity index (χ4n) is 5.10. The van der Waals surface area contributed by atoms with Crippen LogP contribution in [0.1, 0.15) is 70.5 Å². The molecule has 2 amide bonds. The number of rotatable bonds is 7. The summed E-state index contributed by atoms with van der Waals surface area (Å²) in [6.07, 6.45) is 7.68. The van der Waals surface area contributed by atoms with Gasteiger partial charge in [-0.15, -0.1) is 0 Å². The molecular weight excluding hydrogens is 488 g/mol. The standard InChI is InChI=1S/C27H36N6O5/c1-33(2)23-21-7-5-6-8-22(21)31-26(32-23)28-18-9-11-19(12-10-18)29-27(36)30-20-14-16(24(34)37-3)13-17(15-20)25(35)38-4/h13-15,18-19H,5-12H2,1-4H3,(H,28,31,32)(H2,29,30,36). The molecule has 0 bridgehead atoms. The molecule has 1 aromatic heterocycles. The van der Waals surface area contributed by atoms with Gasteiger partial charge in [-0.1, -0.05) is 0 Å². The van der Waals surface area contributed by atoms with E-state index in [-0.39, 0.29) is 23.2 Å². The molecule has 204 valence electrons. The number of hydrogen-bond donors (Lipinski definition) is 3. The maximum Gasteiger partial charge on any atom is 0.337 e. The first-order valence-electron chi connectivity index (χ1n) is 13.0. The van der Waals surface area contributed by atoms with Gasteiger partial charge in [0.05, 0.1) is 31.0 Å². The van der Waals surface area contributed by atoms with Gasteiger partial charge in [0.2, 0.25) is 5.95 Å². The van der Waals surface area contributed by atoms with E-state index in [0.717, 1.165) is 56.5 Å². The van der Waals surface area contributed by atoms with E-state index < -0.39 is 18.0 Å². The molecule has 2 aromatic rings. The largest absolute Gasteiger partial charge is 0.465 e. The number of amides is 2. The van der Waals surface area contributed by atoms with Crippen LogP contribution in [0.5, 0.6) is 0 Å². The summed E-state index contributed by atoms with van der Waals surface area (Å²) in [5.74, 6) is 0.433. The predicted molar refractivity (Wildman–Crippen MR) is 144 cm³/mol. The van der Waals surface area contributed by atoms with Crippen LogP contribution in [-0.2, 0) is 22.3 Å². The highest BCUT2D eigenvalue weighted by Crippen LogP contribution is 2.29. The number of carbonyl (C=O) groups excluding carboxylic acids is 3. The normalized spacial score (nSPS) is 18.5. The molecule has 0 unspecified atom stereocenters. The van der Waals surface area contributed by atoms with Gasteiger partial charge in [-0.2, -0.15) is 4.98 Å². The number of fused-ring (bicyclic) bond motifs is 1. The summed E-state index contributed by atoms with van der Waals surface area (Å²) < 4.78 is 9.50. The van der Waals surface area contributed by atoms with E-state index in [9.17, 15) is 14.4 Å². The van der Waals surface area contributed by atoms with Gasteiger partial charge in [-0.25, -0.2) is 19.4 Å². The molecular formula is C27H36N6O5. The van der Waals surface area contributed by atoms with Crippen molar-refractivity contribution in [2.45, 2.75) is 63.5 Å². The van der Waals surface area contributed by atoms with Crippen LogP contribution in [0.15, 0.2) is 18.2 Å². The number of nitrogens with one attached hydrogen (secondary N) is 3. The quantitative estimate of drug-likeness (QED) is 0.465. The van der Waals surface area contributed by atoms with E-state index >= 15 is 0 Å². The second kappa shape index (κ2) is 12.1. The zero-order valence-electron chi connectivity index (χ0n) is 22.4. The van der Waals surface area contributed by atoms with Gasteiger partial charge >= 0.3 is 18.0 Å². The highest BCUT2D eigenvalue weighted by atomic mass is 16.5. The number of anilines is 3. The van der Waals surface area contributed by atoms with E-state index in [1.54, 1.807) is 0 Å². The van der Waals surface area contributed by atoms with Gasteiger partial charge in [-0.05, 0) is 69.6 Å². The number of ether oxygens (including phenoxy) is 2. The Morgan fingerprint density at radius 1 is 0.868 bits per heavy atom. The third-order valence-electron chi connectivity index (χ3n) is 7.01. The van der Waals surface area contributed by atoms with Gasteiger partial charge in [0, 0.05) is 37.4 Å². The smallest absolute Gasteiger partial charge is 0.337 e. The number of methoxy groups -OCH3 is 2. The highest BCUT2D eigenvalue weighted by Gasteiger charge is 2.25. The minimum atomic E-state index is -0.620. The monoisotopic (exact) mass is 524 g/mol. The van der Waals surface area contributed by atoms with Crippen molar-refractivity contribution in [1.29, 1.82) is 0 Å². The average molecular weight is 525 g/mol. The Hall–Kier alpha value is -3.89. The van der Waals surface area contributed by atoms with Gasteiger partial charge in [0.15, 0.2) is 0 Å². The van der Waals surface area contributed by atoms with Crippen LogP contribution < -0.4 is 20.9 Å². The Bertz CT molecular complexity index is 1160. The summed E-state index contributed by atoms with van der Waals surface area (Å²) in [7, 11) is 6.53. The minimum Gasteiger partial charge on any atom is -0.465 e. The van der Waals surface area contributed by atoms with Gasteiger partial charge < -0.3 is 30.3 Å². The van der Waals surface area contributed by atoms with E-state index in [2.05, 4.69) is 20.9 Å². The van der Waals surface area contributed by atoms with Crippen LogP contribution in [0, 0.1) is 0 Å². The van der Waals surface area contributed by atoms with E-state index in [1.807, 2.05) is 14.1 Å². The molecule has 0 saturated heterocycles. The third-order valence-corrected chi connectivity index (χ3v) is 7.01. The summed E-state index contributed by atoms with van der Waals surface area (Å²) >= 11 is 0. The molecule has 2 aliphatic rings. The molecule has 0 spiro atoms. The predicted octanol–water partition coefficient (Wildman–Crippen LogP) is 3.54. The Morgan fingerprint density at radius 2 is 1.47 bits per heavy atom. The number of esters is 2. The van der Waals surface area contributed by atoms with Crippen LogP contribution in [-0.4, -0.2) is 68.3 Å². The second-order valence-electron chi connectivity index (χ2n) is 9.97. The molecule has 11 heteroatoms. The number of aryl methyl sites for hydroxylation is 1. The second-order valence-corrected chi connectivity index (χ2v) is 9.97. The Balaban J connectivity index is 1.33. The Labute approximate surface area is 222 Å². The van der Waals surface area contributed by atoms with Crippen LogP contribution in [0.3, 0.4) is 0 Å². The van der Waals surface area contributed by atoms with Crippen molar-refractivity contribution in [3.05, 3.63) is 40.6 Å². The molecule has 1 aromatic carbocycles. The number of benzene rings is 1. The van der Waals surface area contributed by atoms with Crippen molar-refractivity contribution in [2.75, 3.05) is 43.8 Å². The molecule has 4 rings (SSSR count). The summed E-state index contributed by atoms with van der Waals surface area (Å²) in [5, 5.41) is 9.23. The Morgan fingerprint density at radius 3 is 2.08 bits per heavy atom. The van der Waals surface area contributed by atoms with Crippen LogP contribution in [0.4, 0.5) is 22.2 Å². The maximum absolute atomic E-state index is 12.7. The molecule has 2 aliphatic carbocycles. The van der Waals surface area contributed by atoms with E-state index in [4.69, 9.17) is 19.4 Å². The molecule has 0 radical (unpaired) electrons. The lowest BCUT2D eigenvalue weighted by molar-refractivity contribution is 0.0599. The molecule has 38 heavy (non-hydrogen) atoms. The lowest BCUT2D eigenvalue weighted by Crippen LogP contribution is -2.42. The van der Waals surface area contributed by atoms with E-state index in [0.29, 0.717) is 11.6 Å². The fourth-order valence-corrected chi connectivity index (χ4v) is 5.10. The first kappa shape index (κ1) is 27.2. The molecule has 0 atom stereocenters. The maximum atomic E-state index is 12.7. The minimum absolute atomic E-state index is 0.00120. The Kier molecular flexibility index (Phi) is 8.65. The lowest BCUT2D eigenvalue weighted by Gasteiger charge is -2.30. The number of urea groups is 1. The molecule has 0 aliphatic heterocycles. The highest BCUT2D eigenvalue weighted by molar-refractivity contribution is 5.99. The fraction of sp³-hybridized carbons (Fsp3) is 0.519. The summed E-state index contributed by atoms with van der Waals surface area (Å²) in [6.45, 7) is 0. The van der Waals surface area contributed by atoms with E-state index in [1.165, 1.54) is 44.4 Å². The topological polar surface area (TPSA) is 135 Å². The molecule has 1 heterocycles. The van der Waals surface area contributed by atoms with Crippen molar-refractivity contribution in [3.63, 3.8) is 0 Å². The number of nitrogens with zero attached hydrogens (tertiary/aromatic N) is 3. The van der Waals surface area contributed by atoms with Gasteiger partial charge in [-0.3, -0.25) is 0 Å². The molecule has 3 N–H and O–H groups in total. The van der Waals surface area contributed by atoms with Crippen molar-refractivity contribution in [3.8, 4) is 0 Å². The summed E-state index contributed by atoms with van der Waals surface area (Å²) in [5.41, 5.74) is 2.98. The third kappa shape index (κ3) is 6.51. The zero-order valence-corrected chi connectivity index (χ0v) is 22.4. The van der Waals surface area contributed by atoms with Crippen LogP contribution in [0.25, 0.3) is 0 Å². The van der Waals surface area contributed by atoms with Gasteiger partial charge in [0.1, 0.15) is 5.82 Å². The average Bonchev–Trinajstić information content (AvgIpc) is 2.92. The molecule has 11 nitrogen and oxygen atoms in total. The number of aromatic nitrogens is 2. The first-order chi connectivity index (χ1) is 18.3. The molecule has 1 saturated carbocycles. The summed E-state index contributed by atoms with van der Waals surface area (Å²) in [6, 6.07) is 4.10. The zero-order chi connectivity index (χ0) is 27.2. The lowest BCUT2D eigenvalue weighted by atomic mass is 9.91. The van der Waals surface area contributed by atoms with Crippen LogP contribution >= 0.6 is 0 Å². The SMILES string of the molecule is COC(=O)c1cc(NC(=O)NC2CCC(Nc3nc4c(c(N(C)C)n3)CCCC4)CC2)cc(C(=O)OC)c1. The molecule has 1 fully saturated rings. The van der Waals surface area contributed by atoms with Gasteiger partial charge in [0.25, 0.3) is 0 Å². The van der Waals surface area contributed by atoms with Crippen molar-refractivity contribution >= 4 is 35.4 Å². The van der Waals surface area contributed by atoms with Crippen LogP contribution in [0.2, 0.25) is 0 Å². The number of hydrogen-bond acceptors (Lipinski definition) is 9. The van der Waals surface area contributed by atoms with Crippen molar-refractivity contribution in [2.24, 2.45) is 0 Å². The van der Waals surface area contributed by atoms with Crippen molar-refractivity contribution in [1.82, 2.24) is 15.3 Å².